The van der Waals surface area contributed by atoms with Gasteiger partial charge in [-0.15, -0.1) is 0 Å². The van der Waals surface area contributed by atoms with Crippen LogP contribution in [0.4, 0.5) is 0 Å². The molecule has 3 heteroatoms. The molecular weight excluding hydrogens is 174 g/mol. The second-order valence-corrected chi connectivity index (χ2v) is 4.81. The van der Waals surface area contributed by atoms with Crippen molar-refractivity contribution in [3.63, 3.8) is 0 Å². The van der Waals surface area contributed by atoms with Crippen molar-refractivity contribution in [2.75, 3.05) is 6.54 Å². The van der Waals surface area contributed by atoms with E-state index in [1.54, 1.807) is 0 Å². The number of hydrogen-bond acceptors (Lipinski definition) is 2. The van der Waals surface area contributed by atoms with Crippen LogP contribution in [0.25, 0.3) is 0 Å². The molecule has 1 rings (SSSR count). The Kier molecular flexibility index (Phi) is 3.00. The quantitative estimate of drug-likeness (QED) is 0.777. The molecule has 0 spiro atoms. The average molecular weight is 195 g/mol. The van der Waals surface area contributed by atoms with E-state index in [0.29, 0.717) is 6.54 Å². The van der Waals surface area contributed by atoms with Gasteiger partial charge < -0.3 is 10.3 Å². The molecule has 14 heavy (non-hydrogen) atoms. The molecule has 0 aliphatic rings. The van der Waals surface area contributed by atoms with E-state index < -0.39 is 0 Å². The van der Waals surface area contributed by atoms with Gasteiger partial charge in [0.2, 0.25) is 0 Å². The normalized spacial score (nSPS) is 12.1. The van der Waals surface area contributed by atoms with Crippen LogP contribution >= 0.6 is 0 Å². The number of imidazole rings is 1. The molecule has 80 valence electrons. The standard InChI is InChI=1S/C11H21N3/c1-8-10(11(2,3)4)14(5)9(13-8)6-7-12/h6-7,12H2,1-5H3. The lowest BCUT2D eigenvalue weighted by atomic mass is 9.91. The zero-order chi connectivity index (χ0) is 10.9. The molecule has 1 aromatic heterocycles. The Bertz CT molecular complexity index is 318. The average Bonchev–Trinajstić information content (AvgIpc) is 2.26. The van der Waals surface area contributed by atoms with E-state index in [0.717, 1.165) is 17.9 Å². The highest BCUT2D eigenvalue weighted by molar-refractivity contribution is 5.23. The molecule has 0 aromatic carbocycles. The molecule has 0 aliphatic carbocycles. The summed E-state index contributed by atoms with van der Waals surface area (Å²) in [5.74, 6) is 1.09. The van der Waals surface area contributed by atoms with Crippen LogP contribution in [-0.2, 0) is 18.9 Å². The number of aromatic nitrogens is 2. The Morgan fingerprint density at radius 1 is 1.36 bits per heavy atom. The fourth-order valence-electron chi connectivity index (χ4n) is 2.09. The van der Waals surface area contributed by atoms with Crippen LogP contribution in [0.1, 0.15) is 38.0 Å². The van der Waals surface area contributed by atoms with Crippen molar-refractivity contribution in [3.05, 3.63) is 17.2 Å². The van der Waals surface area contributed by atoms with Crippen molar-refractivity contribution in [2.45, 2.75) is 39.5 Å². The number of aryl methyl sites for hydroxylation is 1. The first-order chi connectivity index (χ1) is 6.38. The van der Waals surface area contributed by atoms with Crippen molar-refractivity contribution in [1.82, 2.24) is 9.55 Å². The van der Waals surface area contributed by atoms with Gasteiger partial charge in [-0.2, -0.15) is 0 Å². The second kappa shape index (κ2) is 3.73. The van der Waals surface area contributed by atoms with Crippen molar-refractivity contribution in [3.8, 4) is 0 Å². The van der Waals surface area contributed by atoms with E-state index in [4.69, 9.17) is 5.73 Å². The SMILES string of the molecule is Cc1nc(CCN)n(C)c1C(C)(C)C. The Balaban J connectivity index is 3.18. The summed E-state index contributed by atoms with van der Waals surface area (Å²) in [4.78, 5) is 4.55. The Morgan fingerprint density at radius 3 is 2.29 bits per heavy atom. The van der Waals surface area contributed by atoms with Crippen LogP contribution in [0.3, 0.4) is 0 Å². The second-order valence-electron chi connectivity index (χ2n) is 4.81. The summed E-state index contributed by atoms with van der Waals surface area (Å²) in [7, 11) is 2.07. The van der Waals surface area contributed by atoms with Crippen molar-refractivity contribution >= 4 is 0 Å². The van der Waals surface area contributed by atoms with Crippen molar-refractivity contribution in [2.24, 2.45) is 12.8 Å². The lowest BCUT2D eigenvalue weighted by molar-refractivity contribution is 0.533. The van der Waals surface area contributed by atoms with Crippen molar-refractivity contribution < 1.29 is 0 Å². The molecule has 0 radical (unpaired) electrons. The highest BCUT2D eigenvalue weighted by atomic mass is 15.1. The Hall–Kier alpha value is -0.830. The van der Waals surface area contributed by atoms with E-state index in [2.05, 4.69) is 44.3 Å². The van der Waals surface area contributed by atoms with Crippen molar-refractivity contribution in [1.29, 1.82) is 0 Å². The van der Waals surface area contributed by atoms with Crippen LogP contribution in [0, 0.1) is 6.92 Å². The first-order valence-electron chi connectivity index (χ1n) is 5.10. The lowest BCUT2D eigenvalue weighted by Crippen LogP contribution is -2.18. The number of nitrogens with two attached hydrogens (primary N) is 1. The largest absolute Gasteiger partial charge is 0.334 e. The topological polar surface area (TPSA) is 43.8 Å². The summed E-state index contributed by atoms with van der Waals surface area (Å²) in [6.45, 7) is 9.37. The molecule has 0 atom stereocenters. The maximum absolute atomic E-state index is 5.54. The smallest absolute Gasteiger partial charge is 0.110 e. The highest BCUT2D eigenvalue weighted by Gasteiger charge is 2.22. The van der Waals surface area contributed by atoms with E-state index in [1.807, 2.05) is 0 Å². The van der Waals surface area contributed by atoms with Gasteiger partial charge >= 0.3 is 0 Å². The van der Waals surface area contributed by atoms with Gasteiger partial charge in [0.15, 0.2) is 0 Å². The predicted molar refractivity (Wildman–Crippen MR) is 59.4 cm³/mol. The molecule has 0 saturated carbocycles. The third-order valence-corrected chi connectivity index (χ3v) is 2.44. The molecule has 0 amide bonds. The molecule has 0 saturated heterocycles. The number of rotatable bonds is 2. The van der Waals surface area contributed by atoms with Crippen LogP contribution in [-0.4, -0.2) is 16.1 Å². The van der Waals surface area contributed by atoms with Gasteiger partial charge in [-0.1, -0.05) is 20.8 Å². The predicted octanol–water partition coefficient (Wildman–Crippen LogP) is 1.53. The first kappa shape index (κ1) is 11.2. The maximum Gasteiger partial charge on any atom is 0.110 e. The lowest BCUT2D eigenvalue weighted by Gasteiger charge is -2.20. The van der Waals surface area contributed by atoms with Gasteiger partial charge in [0.1, 0.15) is 5.82 Å². The summed E-state index contributed by atoms with van der Waals surface area (Å²) in [6, 6.07) is 0. The molecule has 1 aromatic rings. The minimum Gasteiger partial charge on any atom is -0.334 e. The van der Waals surface area contributed by atoms with Gasteiger partial charge in [0, 0.05) is 24.6 Å². The van der Waals surface area contributed by atoms with E-state index in [9.17, 15) is 0 Å². The summed E-state index contributed by atoms with van der Waals surface area (Å²) in [5.41, 5.74) is 8.13. The minimum atomic E-state index is 0.151. The highest BCUT2D eigenvalue weighted by Crippen LogP contribution is 2.25. The zero-order valence-corrected chi connectivity index (χ0v) is 9.89. The summed E-state index contributed by atoms with van der Waals surface area (Å²) >= 11 is 0. The van der Waals surface area contributed by atoms with Crippen LogP contribution < -0.4 is 5.73 Å². The number of nitrogens with zero attached hydrogens (tertiary/aromatic N) is 2. The number of hydrogen-bond donors (Lipinski definition) is 1. The fraction of sp³-hybridized carbons (Fsp3) is 0.727. The molecular formula is C11H21N3. The van der Waals surface area contributed by atoms with E-state index in [1.165, 1.54) is 5.69 Å². The fourth-order valence-corrected chi connectivity index (χ4v) is 2.09. The Morgan fingerprint density at radius 2 is 1.93 bits per heavy atom. The third-order valence-electron chi connectivity index (χ3n) is 2.44. The molecule has 0 unspecified atom stereocenters. The molecule has 0 fully saturated rings. The maximum atomic E-state index is 5.54. The Labute approximate surface area is 86.3 Å². The molecule has 0 aliphatic heterocycles. The van der Waals surface area contributed by atoms with Gasteiger partial charge in [0.25, 0.3) is 0 Å². The van der Waals surface area contributed by atoms with Gasteiger partial charge in [-0.05, 0) is 13.5 Å². The summed E-state index contributed by atoms with van der Waals surface area (Å²) < 4.78 is 2.18. The molecule has 0 bridgehead atoms. The van der Waals surface area contributed by atoms with Crippen LogP contribution in [0.15, 0.2) is 0 Å². The van der Waals surface area contributed by atoms with Gasteiger partial charge in [-0.3, -0.25) is 0 Å². The van der Waals surface area contributed by atoms with Gasteiger partial charge in [-0.25, -0.2) is 4.98 Å². The molecule has 3 nitrogen and oxygen atoms in total. The third kappa shape index (κ3) is 1.98. The summed E-state index contributed by atoms with van der Waals surface area (Å²) in [5, 5.41) is 0. The minimum absolute atomic E-state index is 0.151. The van der Waals surface area contributed by atoms with Gasteiger partial charge in [0.05, 0.1) is 5.69 Å². The van der Waals surface area contributed by atoms with Crippen LogP contribution in [0.2, 0.25) is 0 Å². The van der Waals surface area contributed by atoms with Crippen LogP contribution in [0.5, 0.6) is 0 Å². The zero-order valence-electron chi connectivity index (χ0n) is 9.89. The molecule has 1 heterocycles. The monoisotopic (exact) mass is 195 g/mol. The first-order valence-corrected chi connectivity index (χ1v) is 5.10. The van der Waals surface area contributed by atoms with E-state index in [-0.39, 0.29) is 5.41 Å². The van der Waals surface area contributed by atoms with E-state index >= 15 is 0 Å². The summed E-state index contributed by atoms with van der Waals surface area (Å²) in [6.07, 6.45) is 0.855. The molecule has 2 N–H and O–H groups in total.